The Morgan fingerprint density at radius 2 is 1.29 bits per heavy atom. The summed E-state index contributed by atoms with van der Waals surface area (Å²) in [5, 5.41) is 6.80. The van der Waals surface area contributed by atoms with Crippen LogP contribution in [0.5, 0.6) is 0 Å². The largest absolute Gasteiger partial charge is 0.314 e. The zero-order chi connectivity index (χ0) is 10.8. The summed E-state index contributed by atoms with van der Waals surface area (Å²) < 4.78 is 0. The summed E-state index contributed by atoms with van der Waals surface area (Å²) in [6.45, 7) is 15.2. The Bertz CT molecular complexity index is 91.1. The standard InChI is InChI=1S/C7H15N3.2C2H6/c1-3-10-4-2-9-6-7(10)5-8-1;2*1-2/h7-9H,1-6H2;2*1-2H3. The van der Waals surface area contributed by atoms with Gasteiger partial charge in [-0.3, -0.25) is 4.90 Å². The molecule has 0 unspecified atom stereocenters. The monoisotopic (exact) mass is 201 g/mol. The first-order valence-electron chi connectivity index (χ1n) is 6.12. The number of nitrogens with one attached hydrogen (secondary N) is 2. The van der Waals surface area contributed by atoms with Crippen molar-refractivity contribution in [3.63, 3.8) is 0 Å². The van der Waals surface area contributed by atoms with Crippen LogP contribution in [0.4, 0.5) is 0 Å². The molecule has 0 saturated carbocycles. The predicted octanol–water partition coefficient (Wildman–Crippen LogP) is 0.916. The molecular weight excluding hydrogens is 174 g/mol. The number of hydrogen-bond donors (Lipinski definition) is 2. The average Bonchev–Trinajstić information content (AvgIpc) is 2.34. The van der Waals surface area contributed by atoms with Gasteiger partial charge in [0.2, 0.25) is 0 Å². The fourth-order valence-corrected chi connectivity index (χ4v) is 1.79. The highest BCUT2D eigenvalue weighted by molar-refractivity contribution is 4.84. The van der Waals surface area contributed by atoms with Crippen molar-refractivity contribution in [1.82, 2.24) is 15.5 Å². The van der Waals surface area contributed by atoms with Gasteiger partial charge >= 0.3 is 0 Å². The van der Waals surface area contributed by atoms with E-state index in [1.54, 1.807) is 0 Å². The lowest BCUT2D eigenvalue weighted by atomic mass is 10.1. The van der Waals surface area contributed by atoms with Crippen LogP contribution in [0.1, 0.15) is 27.7 Å². The van der Waals surface area contributed by atoms with E-state index in [1.807, 2.05) is 27.7 Å². The molecule has 0 aromatic carbocycles. The van der Waals surface area contributed by atoms with E-state index in [2.05, 4.69) is 15.5 Å². The molecular formula is C11H27N3. The molecule has 2 fully saturated rings. The zero-order valence-corrected chi connectivity index (χ0v) is 10.3. The molecule has 2 N–H and O–H groups in total. The molecule has 0 aliphatic carbocycles. The number of piperazine rings is 2. The van der Waals surface area contributed by atoms with Gasteiger partial charge in [0, 0.05) is 45.3 Å². The van der Waals surface area contributed by atoms with Crippen LogP contribution >= 0.6 is 0 Å². The van der Waals surface area contributed by atoms with Crippen molar-refractivity contribution >= 4 is 0 Å². The topological polar surface area (TPSA) is 27.3 Å². The van der Waals surface area contributed by atoms with Crippen molar-refractivity contribution in [2.75, 3.05) is 39.3 Å². The fourth-order valence-electron chi connectivity index (χ4n) is 1.79. The Morgan fingerprint density at radius 3 is 1.64 bits per heavy atom. The van der Waals surface area contributed by atoms with Crippen LogP contribution < -0.4 is 10.6 Å². The van der Waals surface area contributed by atoms with E-state index in [0.29, 0.717) is 0 Å². The third-order valence-corrected chi connectivity index (χ3v) is 2.43. The van der Waals surface area contributed by atoms with Gasteiger partial charge in [0.1, 0.15) is 0 Å². The van der Waals surface area contributed by atoms with Crippen molar-refractivity contribution in [2.24, 2.45) is 0 Å². The van der Waals surface area contributed by atoms with Gasteiger partial charge in [-0.25, -0.2) is 0 Å². The van der Waals surface area contributed by atoms with Crippen molar-refractivity contribution < 1.29 is 0 Å². The van der Waals surface area contributed by atoms with Crippen LogP contribution in [-0.2, 0) is 0 Å². The average molecular weight is 201 g/mol. The molecule has 14 heavy (non-hydrogen) atoms. The summed E-state index contributed by atoms with van der Waals surface area (Å²) in [6, 6.07) is 0.766. The van der Waals surface area contributed by atoms with Crippen LogP contribution in [0, 0.1) is 0 Å². The fraction of sp³-hybridized carbons (Fsp3) is 1.00. The number of nitrogens with zero attached hydrogens (tertiary/aromatic N) is 1. The Balaban J connectivity index is 0.000000379. The van der Waals surface area contributed by atoms with E-state index < -0.39 is 0 Å². The second-order valence-corrected chi connectivity index (χ2v) is 3.10. The Hall–Kier alpha value is -0.120. The maximum absolute atomic E-state index is 3.40. The molecule has 3 nitrogen and oxygen atoms in total. The van der Waals surface area contributed by atoms with Crippen molar-refractivity contribution in [1.29, 1.82) is 0 Å². The maximum atomic E-state index is 3.40. The summed E-state index contributed by atoms with van der Waals surface area (Å²) in [4.78, 5) is 2.58. The van der Waals surface area contributed by atoms with Crippen LogP contribution in [0.15, 0.2) is 0 Å². The second-order valence-electron chi connectivity index (χ2n) is 3.10. The molecule has 2 aliphatic rings. The van der Waals surface area contributed by atoms with E-state index in [1.165, 1.54) is 39.3 Å². The molecule has 0 radical (unpaired) electrons. The van der Waals surface area contributed by atoms with Crippen LogP contribution in [0.3, 0.4) is 0 Å². The first kappa shape index (κ1) is 13.9. The third-order valence-electron chi connectivity index (χ3n) is 2.43. The first-order valence-corrected chi connectivity index (χ1v) is 6.12. The zero-order valence-electron chi connectivity index (χ0n) is 10.3. The molecule has 3 heteroatoms. The van der Waals surface area contributed by atoms with Crippen LogP contribution in [-0.4, -0.2) is 50.2 Å². The molecule has 2 saturated heterocycles. The normalized spacial score (nSPS) is 22.3. The van der Waals surface area contributed by atoms with E-state index in [9.17, 15) is 0 Å². The lowest BCUT2D eigenvalue weighted by Gasteiger charge is -2.39. The van der Waals surface area contributed by atoms with Crippen molar-refractivity contribution in [3.05, 3.63) is 0 Å². The van der Waals surface area contributed by atoms with E-state index in [4.69, 9.17) is 0 Å². The minimum absolute atomic E-state index is 0.766. The molecule has 0 spiro atoms. The summed E-state index contributed by atoms with van der Waals surface area (Å²) >= 11 is 0. The lowest BCUT2D eigenvalue weighted by Crippen LogP contribution is -2.60. The van der Waals surface area contributed by atoms with Gasteiger partial charge in [0.05, 0.1) is 0 Å². The van der Waals surface area contributed by atoms with Crippen LogP contribution in [0.2, 0.25) is 0 Å². The Morgan fingerprint density at radius 1 is 0.857 bits per heavy atom. The summed E-state index contributed by atoms with van der Waals surface area (Å²) in [5.41, 5.74) is 0. The quantitative estimate of drug-likeness (QED) is 0.610. The Kier molecular flexibility index (Phi) is 9.35. The minimum atomic E-state index is 0.766. The van der Waals surface area contributed by atoms with Gasteiger partial charge in [-0.05, 0) is 0 Å². The summed E-state index contributed by atoms with van der Waals surface area (Å²) in [7, 11) is 0. The van der Waals surface area contributed by atoms with Gasteiger partial charge in [-0.2, -0.15) is 0 Å². The lowest BCUT2D eigenvalue weighted by molar-refractivity contribution is 0.133. The Labute approximate surface area is 89.2 Å². The van der Waals surface area contributed by atoms with Gasteiger partial charge < -0.3 is 10.6 Å². The number of rotatable bonds is 0. The molecule has 0 amide bonds. The molecule has 2 rings (SSSR count). The number of fused-ring (bicyclic) bond motifs is 1. The molecule has 0 aromatic rings. The number of hydrogen-bond acceptors (Lipinski definition) is 3. The highest BCUT2D eigenvalue weighted by atomic mass is 15.3. The molecule has 86 valence electrons. The summed E-state index contributed by atoms with van der Waals surface area (Å²) in [6.07, 6.45) is 0. The van der Waals surface area contributed by atoms with E-state index >= 15 is 0 Å². The second kappa shape index (κ2) is 9.44. The summed E-state index contributed by atoms with van der Waals surface area (Å²) in [5.74, 6) is 0. The molecule has 0 bridgehead atoms. The smallest absolute Gasteiger partial charge is 0.0346 e. The van der Waals surface area contributed by atoms with Crippen molar-refractivity contribution in [3.8, 4) is 0 Å². The van der Waals surface area contributed by atoms with Crippen LogP contribution in [0.25, 0.3) is 0 Å². The molecule has 0 aromatic heterocycles. The van der Waals surface area contributed by atoms with E-state index in [0.717, 1.165) is 6.04 Å². The highest BCUT2D eigenvalue weighted by Crippen LogP contribution is 2.03. The third kappa shape index (κ3) is 4.40. The highest BCUT2D eigenvalue weighted by Gasteiger charge is 2.23. The van der Waals surface area contributed by atoms with E-state index in [-0.39, 0.29) is 0 Å². The van der Waals surface area contributed by atoms with Crippen molar-refractivity contribution in [2.45, 2.75) is 33.7 Å². The molecule has 2 heterocycles. The van der Waals surface area contributed by atoms with Gasteiger partial charge in [-0.15, -0.1) is 0 Å². The SMILES string of the molecule is C1CN2CCNCC2CN1.CC.CC. The van der Waals surface area contributed by atoms with Gasteiger partial charge in [-0.1, -0.05) is 27.7 Å². The van der Waals surface area contributed by atoms with Gasteiger partial charge in [0.25, 0.3) is 0 Å². The molecule has 2 aliphatic heterocycles. The minimum Gasteiger partial charge on any atom is -0.314 e. The maximum Gasteiger partial charge on any atom is 0.0346 e. The van der Waals surface area contributed by atoms with Gasteiger partial charge in [0.15, 0.2) is 0 Å². The predicted molar refractivity (Wildman–Crippen MR) is 63.8 cm³/mol. The first-order chi connectivity index (χ1) is 6.97. The molecule has 0 atom stereocenters.